The Hall–Kier alpha value is -1.23. The number of nitrogens with zero attached hydrogens (tertiary/aromatic N) is 1. The standard InChI is InChI=1S/C16H21F3N2/c1-10-3-4-12(16(17,18)19)8-15(10)20-13-7-11(2)21(9-13)14-5-6-14/h3-4,8,11,13-14,20H,5-7,9H2,1-2H3. The summed E-state index contributed by atoms with van der Waals surface area (Å²) in [6, 6.07) is 5.38. The Morgan fingerprint density at radius 1 is 1.24 bits per heavy atom. The number of anilines is 1. The van der Waals surface area contributed by atoms with Crippen LogP contribution >= 0.6 is 0 Å². The van der Waals surface area contributed by atoms with Gasteiger partial charge < -0.3 is 5.32 Å². The van der Waals surface area contributed by atoms with Crippen molar-refractivity contribution in [2.24, 2.45) is 0 Å². The second kappa shape index (κ2) is 5.20. The van der Waals surface area contributed by atoms with Crippen molar-refractivity contribution in [2.75, 3.05) is 11.9 Å². The molecule has 2 fully saturated rings. The first kappa shape index (κ1) is 14.7. The number of halogens is 3. The number of likely N-dealkylation sites (tertiary alicyclic amines) is 1. The third-order valence-electron chi connectivity index (χ3n) is 4.56. The molecular formula is C16H21F3N2. The number of aryl methyl sites for hydroxylation is 1. The van der Waals surface area contributed by atoms with E-state index in [-0.39, 0.29) is 6.04 Å². The van der Waals surface area contributed by atoms with Crippen LogP contribution in [0.25, 0.3) is 0 Å². The SMILES string of the molecule is Cc1ccc(C(F)(F)F)cc1NC1CC(C)N(C2CC2)C1. The first-order chi connectivity index (χ1) is 9.84. The number of benzene rings is 1. The van der Waals surface area contributed by atoms with E-state index < -0.39 is 11.7 Å². The normalized spacial score (nSPS) is 27.1. The summed E-state index contributed by atoms with van der Waals surface area (Å²) in [4.78, 5) is 2.49. The van der Waals surface area contributed by atoms with Crippen LogP contribution in [-0.2, 0) is 6.18 Å². The van der Waals surface area contributed by atoms with Gasteiger partial charge in [-0.25, -0.2) is 0 Å². The van der Waals surface area contributed by atoms with E-state index in [1.807, 2.05) is 6.92 Å². The number of hydrogen-bond acceptors (Lipinski definition) is 2. The zero-order chi connectivity index (χ0) is 15.2. The van der Waals surface area contributed by atoms with Gasteiger partial charge in [-0.15, -0.1) is 0 Å². The summed E-state index contributed by atoms with van der Waals surface area (Å²) >= 11 is 0. The second-order valence-corrected chi connectivity index (χ2v) is 6.38. The molecule has 1 aliphatic heterocycles. The molecule has 1 saturated heterocycles. The van der Waals surface area contributed by atoms with Crippen LogP contribution in [0.15, 0.2) is 18.2 Å². The maximum Gasteiger partial charge on any atom is 0.416 e. The van der Waals surface area contributed by atoms with Crippen LogP contribution in [0.4, 0.5) is 18.9 Å². The lowest BCUT2D eigenvalue weighted by molar-refractivity contribution is -0.137. The van der Waals surface area contributed by atoms with Gasteiger partial charge in [0.2, 0.25) is 0 Å². The van der Waals surface area contributed by atoms with E-state index in [2.05, 4.69) is 17.1 Å². The monoisotopic (exact) mass is 298 g/mol. The Balaban J connectivity index is 1.73. The predicted molar refractivity (Wildman–Crippen MR) is 77.4 cm³/mol. The summed E-state index contributed by atoms with van der Waals surface area (Å²) < 4.78 is 38.4. The summed E-state index contributed by atoms with van der Waals surface area (Å²) in [6.07, 6.45) is -0.765. The molecule has 1 N–H and O–H groups in total. The van der Waals surface area contributed by atoms with E-state index in [9.17, 15) is 13.2 Å². The molecule has 2 atom stereocenters. The van der Waals surface area contributed by atoms with Gasteiger partial charge in [0, 0.05) is 30.4 Å². The van der Waals surface area contributed by atoms with Crippen molar-refractivity contribution in [1.82, 2.24) is 4.90 Å². The minimum atomic E-state index is -4.28. The number of nitrogens with one attached hydrogen (secondary N) is 1. The molecule has 0 aromatic heterocycles. The molecule has 2 nitrogen and oxygen atoms in total. The van der Waals surface area contributed by atoms with Gasteiger partial charge in [0.25, 0.3) is 0 Å². The van der Waals surface area contributed by atoms with Crippen molar-refractivity contribution in [3.8, 4) is 0 Å². The van der Waals surface area contributed by atoms with Crippen molar-refractivity contribution < 1.29 is 13.2 Å². The number of hydrogen-bond donors (Lipinski definition) is 1. The molecule has 0 bridgehead atoms. The molecule has 21 heavy (non-hydrogen) atoms. The quantitative estimate of drug-likeness (QED) is 0.905. The van der Waals surface area contributed by atoms with Crippen LogP contribution in [0.3, 0.4) is 0 Å². The van der Waals surface area contributed by atoms with Gasteiger partial charge in [-0.3, -0.25) is 4.90 Å². The van der Waals surface area contributed by atoms with Gasteiger partial charge in [0.05, 0.1) is 5.56 Å². The van der Waals surface area contributed by atoms with Crippen LogP contribution in [0, 0.1) is 6.92 Å². The lowest BCUT2D eigenvalue weighted by atomic mass is 10.1. The molecule has 0 amide bonds. The lowest BCUT2D eigenvalue weighted by Crippen LogP contribution is -2.31. The molecule has 1 aliphatic carbocycles. The van der Waals surface area contributed by atoms with E-state index in [1.165, 1.54) is 18.9 Å². The molecule has 2 aliphatic rings. The summed E-state index contributed by atoms with van der Waals surface area (Å²) in [5.74, 6) is 0. The Morgan fingerprint density at radius 2 is 1.95 bits per heavy atom. The molecule has 5 heteroatoms. The Morgan fingerprint density at radius 3 is 2.57 bits per heavy atom. The Labute approximate surface area is 123 Å². The smallest absolute Gasteiger partial charge is 0.381 e. The minimum Gasteiger partial charge on any atom is -0.381 e. The van der Waals surface area contributed by atoms with E-state index in [4.69, 9.17) is 0 Å². The topological polar surface area (TPSA) is 15.3 Å². The molecule has 116 valence electrons. The van der Waals surface area contributed by atoms with Gasteiger partial charge in [-0.05, 0) is 50.8 Å². The lowest BCUT2D eigenvalue weighted by Gasteiger charge is -2.20. The number of alkyl halides is 3. The molecule has 1 saturated carbocycles. The fraction of sp³-hybridized carbons (Fsp3) is 0.625. The molecule has 3 rings (SSSR count). The molecule has 0 radical (unpaired) electrons. The van der Waals surface area contributed by atoms with Crippen LogP contribution in [0.1, 0.15) is 37.3 Å². The largest absolute Gasteiger partial charge is 0.416 e. The maximum absolute atomic E-state index is 12.8. The van der Waals surface area contributed by atoms with E-state index >= 15 is 0 Å². The third kappa shape index (κ3) is 3.18. The Bertz CT molecular complexity index is 523. The minimum absolute atomic E-state index is 0.239. The average molecular weight is 298 g/mol. The van der Waals surface area contributed by atoms with Crippen LogP contribution in [0.2, 0.25) is 0 Å². The van der Waals surface area contributed by atoms with Crippen molar-refractivity contribution in [3.63, 3.8) is 0 Å². The zero-order valence-corrected chi connectivity index (χ0v) is 12.4. The summed E-state index contributed by atoms with van der Waals surface area (Å²) in [5, 5.41) is 3.32. The molecule has 1 aromatic rings. The third-order valence-corrected chi connectivity index (χ3v) is 4.56. The Kier molecular flexibility index (Phi) is 3.64. The molecule has 0 spiro atoms. The van der Waals surface area contributed by atoms with Gasteiger partial charge in [0.15, 0.2) is 0 Å². The molecular weight excluding hydrogens is 277 g/mol. The first-order valence-electron chi connectivity index (χ1n) is 7.54. The van der Waals surface area contributed by atoms with Gasteiger partial charge >= 0.3 is 6.18 Å². The van der Waals surface area contributed by atoms with Crippen molar-refractivity contribution in [2.45, 2.75) is 57.4 Å². The predicted octanol–water partition coefficient (Wildman–Crippen LogP) is 4.05. The maximum atomic E-state index is 12.8. The highest BCUT2D eigenvalue weighted by Crippen LogP contribution is 2.36. The molecule has 2 unspecified atom stereocenters. The summed E-state index contributed by atoms with van der Waals surface area (Å²) in [6.45, 7) is 4.99. The van der Waals surface area contributed by atoms with Crippen LogP contribution < -0.4 is 5.32 Å². The average Bonchev–Trinajstić information content (AvgIpc) is 3.16. The number of rotatable bonds is 3. The molecule has 1 aromatic carbocycles. The highest BCUT2D eigenvalue weighted by atomic mass is 19.4. The molecule has 1 heterocycles. The van der Waals surface area contributed by atoms with Gasteiger partial charge in [0.1, 0.15) is 0 Å². The highest BCUT2D eigenvalue weighted by molar-refractivity contribution is 5.54. The summed E-state index contributed by atoms with van der Waals surface area (Å²) in [7, 11) is 0. The fourth-order valence-electron chi connectivity index (χ4n) is 3.25. The van der Waals surface area contributed by atoms with Crippen molar-refractivity contribution in [3.05, 3.63) is 29.3 Å². The first-order valence-corrected chi connectivity index (χ1v) is 7.54. The second-order valence-electron chi connectivity index (χ2n) is 6.38. The van der Waals surface area contributed by atoms with Crippen molar-refractivity contribution >= 4 is 5.69 Å². The van der Waals surface area contributed by atoms with Crippen LogP contribution in [0.5, 0.6) is 0 Å². The van der Waals surface area contributed by atoms with Gasteiger partial charge in [-0.2, -0.15) is 13.2 Å². The van der Waals surface area contributed by atoms with E-state index in [0.29, 0.717) is 17.8 Å². The highest BCUT2D eigenvalue weighted by Gasteiger charge is 2.39. The fourth-order valence-corrected chi connectivity index (χ4v) is 3.25. The van der Waals surface area contributed by atoms with Crippen LogP contribution in [-0.4, -0.2) is 29.6 Å². The van der Waals surface area contributed by atoms with Crippen molar-refractivity contribution in [1.29, 1.82) is 0 Å². The zero-order valence-electron chi connectivity index (χ0n) is 12.4. The van der Waals surface area contributed by atoms with E-state index in [1.54, 1.807) is 6.07 Å². The summed E-state index contributed by atoms with van der Waals surface area (Å²) in [5.41, 5.74) is 0.890. The van der Waals surface area contributed by atoms with Gasteiger partial charge in [-0.1, -0.05) is 6.07 Å². The van der Waals surface area contributed by atoms with E-state index in [0.717, 1.165) is 24.6 Å².